The average molecular weight is 1120 g/mol. The summed E-state index contributed by atoms with van der Waals surface area (Å²) >= 11 is 0. The Bertz CT molecular complexity index is 2060. The summed E-state index contributed by atoms with van der Waals surface area (Å²) in [5.41, 5.74) is -1.58. The highest BCUT2D eigenvalue weighted by Crippen LogP contribution is 2.76. The molecule has 29 atom stereocenters. The molecule has 4 saturated carbocycles. The van der Waals surface area contributed by atoms with Crippen LogP contribution in [0.3, 0.4) is 0 Å². The first kappa shape index (κ1) is 62.4. The molecule has 0 spiro atoms. The van der Waals surface area contributed by atoms with Crippen molar-refractivity contribution in [3.05, 3.63) is 11.6 Å². The van der Waals surface area contributed by atoms with Crippen molar-refractivity contribution in [3.63, 3.8) is 0 Å². The minimum atomic E-state index is -1.84. The Morgan fingerprint density at radius 2 is 1.13 bits per heavy atom. The van der Waals surface area contributed by atoms with E-state index in [1.165, 1.54) is 6.92 Å². The average Bonchev–Trinajstić information content (AvgIpc) is 2.91. The van der Waals surface area contributed by atoms with Crippen LogP contribution in [0.15, 0.2) is 11.6 Å². The lowest BCUT2D eigenvalue weighted by molar-refractivity contribution is -0.378. The van der Waals surface area contributed by atoms with Gasteiger partial charge in [-0.25, -0.2) is 0 Å². The maximum absolute atomic E-state index is 12.9. The topological polar surface area (TPSA) is 363 Å². The van der Waals surface area contributed by atoms with Crippen LogP contribution < -0.4 is 0 Å². The van der Waals surface area contributed by atoms with Gasteiger partial charge in [-0.05, 0) is 124 Å². The first-order valence-corrected chi connectivity index (χ1v) is 28.2. The zero-order valence-corrected chi connectivity index (χ0v) is 46.6. The van der Waals surface area contributed by atoms with Gasteiger partial charge in [0, 0.05) is 6.92 Å². The van der Waals surface area contributed by atoms with Crippen molar-refractivity contribution in [1.29, 1.82) is 0 Å². The van der Waals surface area contributed by atoms with E-state index in [9.17, 15) is 71.2 Å². The first-order valence-electron chi connectivity index (χ1n) is 28.2. The maximum atomic E-state index is 12.9. The molecule has 4 heterocycles. The molecule has 0 amide bonds. The molecule has 23 nitrogen and oxygen atoms in total. The van der Waals surface area contributed by atoms with Gasteiger partial charge in [0.1, 0.15) is 98.2 Å². The molecule has 0 aromatic carbocycles. The van der Waals surface area contributed by atoms with Crippen molar-refractivity contribution < 1.29 is 114 Å². The SMILES string of the molecule is CC(=O)OCC1OC(OC2CCC3(C)C(CCC4(C)C3CC(O)C3C(C(C)(CCC=C(C)C)OC5OC(COC6OC(CO)C(O)C6O)C(O)C(O)C5O)CCC34C)C2(C)C)C(OC2OC(CO)C(O)C(O)C2O)C(O)C1O. The largest absolute Gasteiger partial charge is 0.463 e. The number of fused-ring (bicyclic) bond motifs is 5. The summed E-state index contributed by atoms with van der Waals surface area (Å²) in [6.07, 6.45) is -22.6. The molecule has 0 radical (unpaired) electrons. The summed E-state index contributed by atoms with van der Waals surface area (Å²) in [6, 6.07) is 0. The van der Waals surface area contributed by atoms with Crippen LogP contribution in [0.25, 0.3) is 0 Å². The predicted molar refractivity (Wildman–Crippen MR) is 270 cm³/mol. The third kappa shape index (κ3) is 11.2. The second-order valence-electron chi connectivity index (χ2n) is 25.9. The third-order valence-corrected chi connectivity index (χ3v) is 20.8. The van der Waals surface area contributed by atoms with Crippen molar-refractivity contribution in [2.75, 3.05) is 26.4 Å². The monoisotopic (exact) mass is 1120 g/mol. The van der Waals surface area contributed by atoms with E-state index in [-0.39, 0.29) is 34.5 Å². The van der Waals surface area contributed by atoms with Crippen molar-refractivity contribution >= 4 is 5.97 Å². The highest BCUT2D eigenvalue weighted by molar-refractivity contribution is 5.65. The number of hydrogen-bond donors (Lipinski definition) is 13. The van der Waals surface area contributed by atoms with E-state index < -0.39 is 178 Å². The molecule has 4 saturated heterocycles. The van der Waals surface area contributed by atoms with Gasteiger partial charge in [0.05, 0.1) is 37.6 Å². The van der Waals surface area contributed by atoms with Crippen LogP contribution >= 0.6 is 0 Å². The molecule has 0 bridgehead atoms. The van der Waals surface area contributed by atoms with Crippen LogP contribution in [0.1, 0.15) is 120 Å². The Morgan fingerprint density at radius 3 is 1.76 bits per heavy atom. The van der Waals surface area contributed by atoms with Crippen molar-refractivity contribution in [1.82, 2.24) is 0 Å². The Labute approximate surface area is 456 Å². The van der Waals surface area contributed by atoms with E-state index in [4.69, 9.17) is 42.6 Å². The van der Waals surface area contributed by atoms with E-state index in [2.05, 4.69) is 40.7 Å². The molecule has 4 aliphatic carbocycles. The quantitative estimate of drug-likeness (QED) is 0.0472. The lowest BCUT2D eigenvalue weighted by atomic mass is 9.35. The molecule has 29 unspecified atom stereocenters. The van der Waals surface area contributed by atoms with Crippen LogP contribution in [0, 0.1) is 45.3 Å². The number of hydrogen-bond acceptors (Lipinski definition) is 23. The summed E-state index contributed by atoms with van der Waals surface area (Å²) in [4.78, 5) is 11.9. The molecule has 450 valence electrons. The van der Waals surface area contributed by atoms with Gasteiger partial charge >= 0.3 is 5.97 Å². The van der Waals surface area contributed by atoms with Gasteiger partial charge in [-0.2, -0.15) is 0 Å². The summed E-state index contributed by atoms with van der Waals surface area (Å²) in [5.74, 6) is -1.11. The first-order chi connectivity index (χ1) is 36.5. The van der Waals surface area contributed by atoms with Crippen LogP contribution in [0.2, 0.25) is 0 Å². The second-order valence-corrected chi connectivity index (χ2v) is 25.9. The summed E-state index contributed by atoms with van der Waals surface area (Å²) in [7, 11) is 0. The molecule has 0 aromatic heterocycles. The zero-order chi connectivity index (χ0) is 57.4. The summed E-state index contributed by atoms with van der Waals surface area (Å²) in [6.45, 7) is 16.2. The number of aliphatic hydroxyl groups is 13. The van der Waals surface area contributed by atoms with Crippen LogP contribution in [-0.4, -0.2) is 233 Å². The van der Waals surface area contributed by atoms with Crippen LogP contribution in [-0.2, 0) is 47.4 Å². The fourth-order valence-corrected chi connectivity index (χ4v) is 16.2. The van der Waals surface area contributed by atoms with Crippen molar-refractivity contribution in [2.45, 2.75) is 255 Å². The van der Waals surface area contributed by atoms with Gasteiger partial charge < -0.3 is 109 Å². The van der Waals surface area contributed by atoms with Crippen molar-refractivity contribution in [3.8, 4) is 0 Å². The maximum Gasteiger partial charge on any atom is 0.302 e. The van der Waals surface area contributed by atoms with Crippen molar-refractivity contribution in [2.24, 2.45) is 45.3 Å². The highest BCUT2D eigenvalue weighted by atomic mass is 16.8. The predicted octanol–water partition coefficient (Wildman–Crippen LogP) is -0.993. The summed E-state index contributed by atoms with van der Waals surface area (Å²) in [5, 5.41) is 142. The Morgan fingerprint density at radius 1 is 0.590 bits per heavy atom. The lowest BCUT2D eigenvalue weighted by Gasteiger charge is -2.71. The van der Waals surface area contributed by atoms with Crippen LogP contribution in [0.5, 0.6) is 0 Å². The van der Waals surface area contributed by atoms with Crippen LogP contribution in [0.4, 0.5) is 0 Å². The van der Waals surface area contributed by atoms with Gasteiger partial charge in [0.25, 0.3) is 0 Å². The number of rotatable bonds is 17. The molecule has 4 aliphatic heterocycles. The highest BCUT2D eigenvalue weighted by Gasteiger charge is 2.72. The molecule has 78 heavy (non-hydrogen) atoms. The molecular weight excluding hydrogens is 1030 g/mol. The fourth-order valence-electron chi connectivity index (χ4n) is 16.2. The second kappa shape index (κ2) is 23.8. The standard InChI is InChI=1S/C55H92O23/c1-24(2)11-10-15-55(9,78-49-45(69)41(65)38(62)31(74-49)23-71-47-43(67)37(61)29(21-57)72-47)26-12-17-54(8)35(26)27(59)19-33-52(6)16-14-34(51(4,5)32(52)13-18-53(33,54)7)76-50-46(42(66)39(63)30(75-50)22-70-25(3)58)77-48-44(68)40(64)36(60)28(20-56)73-48/h11,26-50,56-57,59-69H,10,12-23H2,1-9H3. The van der Waals surface area contributed by atoms with Gasteiger partial charge in [-0.3, -0.25) is 4.79 Å². The van der Waals surface area contributed by atoms with E-state index >= 15 is 0 Å². The van der Waals surface area contributed by atoms with Gasteiger partial charge in [0.2, 0.25) is 0 Å². The number of ether oxygens (including phenoxy) is 9. The molecule has 8 aliphatic rings. The minimum Gasteiger partial charge on any atom is -0.463 e. The van der Waals surface area contributed by atoms with E-state index in [1.54, 1.807) is 0 Å². The Balaban J connectivity index is 1.02. The fraction of sp³-hybridized carbons (Fsp3) is 0.945. The molecular formula is C55H92O23. The molecule has 8 rings (SSSR count). The number of carbonyl (C=O) groups excluding carboxylic acids is 1. The number of allylic oxidation sites excluding steroid dienone is 2. The number of carbonyl (C=O) groups is 1. The number of esters is 1. The lowest BCUT2D eigenvalue weighted by Crippen LogP contribution is -2.68. The molecule has 13 N–H and O–H groups in total. The number of aliphatic hydroxyl groups excluding tert-OH is 13. The van der Waals surface area contributed by atoms with E-state index in [1.807, 2.05) is 20.8 Å². The third-order valence-electron chi connectivity index (χ3n) is 20.8. The summed E-state index contributed by atoms with van der Waals surface area (Å²) < 4.78 is 54.4. The molecule has 23 heteroatoms. The molecule has 8 fully saturated rings. The normalized spacial score (nSPS) is 50.9. The van der Waals surface area contributed by atoms with Gasteiger partial charge in [-0.15, -0.1) is 0 Å². The Kier molecular flexibility index (Phi) is 19.0. The van der Waals surface area contributed by atoms with Gasteiger partial charge in [-0.1, -0.05) is 46.3 Å². The smallest absolute Gasteiger partial charge is 0.302 e. The van der Waals surface area contributed by atoms with E-state index in [0.29, 0.717) is 38.5 Å². The Hall–Kier alpha value is -1.63. The minimum absolute atomic E-state index is 0.0260. The molecule has 0 aromatic rings. The van der Waals surface area contributed by atoms with Gasteiger partial charge in [0.15, 0.2) is 25.2 Å². The van der Waals surface area contributed by atoms with E-state index in [0.717, 1.165) is 24.8 Å². The zero-order valence-electron chi connectivity index (χ0n) is 46.6.